The van der Waals surface area contributed by atoms with Gasteiger partial charge in [-0.15, -0.1) is 0 Å². The van der Waals surface area contributed by atoms with Crippen molar-refractivity contribution in [2.24, 2.45) is 14.1 Å². The minimum absolute atomic E-state index is 0.121. The van der Waals surface area contributed by atoms with E-state index in [1.165, 1.54) is 16.3 Å². The van der Waals surface area contributed by atoms with Gasteiger partial charge < -0.3 is 14.8 Å². The van der Waals surface area contributed by atoms with Crippen molar-refractivity contribution in [3.05, 3.63) is 55.7 Å². The maximum atomic E-state index is 13.0. The van der Waals surface area contributed by atoms with Crippen LogP contribution in [0.2, 0.25) is 5.02 Å². The Labute approximate surface area is 163 Å². The number of fused-ring (bicyclic) bond motifs is 1. The first-order chi connectivity index (χ1) is 12.8. The molecule has 0 aliphatic carbocycles. The van der Waals surface area contributed by atoms with Crippen molar-refractivity contribution in [1.29, 1.82) is 0 Å². The number of aliphatic hydroxyl groups excluding tert-OH is 2. The van der Waals surface area contributed by atoms with Gasteiger partial charge >= 0.3 is 5.69 Å². The van der Waals surface area contributed by atoms with Crippen molar-refractivity contribution in [2.75, 3.05) is 12.4 Å². The molecule has 2 aromatic heterocycles. The van der Waals surface area contributed by atoms with Crippen molar-refractivity contribution in [3.8, 4) is 0 Å². The summed E-state index contributed by atoms with van der Waals surface area (Å²) >= 11 is 7.09. The molecule has 0 spiro atoms. The van der Waals surface area contributed by atoms with Crippen molar-refractivity contribution < 1.29 is 10.2 Å². The first-order valence-electron chi connectivity index (χ1n) is 8.16. The molecule has 0 radical (unpaired) electrons. The highest BCUT2D eigenvalue weighted by atomic mass is 35.5. The number of hydrogen-bond acceptors (Lipinski definition) is 6. The molecule has 3 rings (SSSR count). The van der Waals surface area contributed by atoms with Gasteiger partial charge in [-0.25, -0.2) is 9.78 Å². The van der Waals surface area contributed by atoms with Crippen LogP contribution >= 0.6 is 23.4 Å². The monoisotopic (exact) mass is 410 g/mol. The predicted octanol–water partition coefficient (Wildman–Crippen LogP) is 0.581. The SMILES string of the molecule is Cn1c(SC[C@H](O)CO)nc2c1c(=O)n(Cc1ccc(Cl)cc1)c(=O)n2C. The van der Waals surface area contributed by atoms with Crippen LogP contribution in [0.1, 0.15) is 5.56 Å². The highest BCUT2D eigenvalue weighted by Gasteiger charge is 2.19. The summed E-state index contributed by atoms with van der Waals surface area (Å²) in [6.45, 7) is -0.237. The van der Waals surface area contributed by atoms with Crippen LogP contribution < -0.4 is 11.2 Å². The second kappa shape index (κ2) is 7.89. The predicted molar refractivity (Wildman–Crippen MR) is 105 cm³/mol. The van der Waals surface area contributed by atoms with Crippen LogP contribution in [0.25, 0.3) is 11.2 Å². The molecule has 0 bridgehead atoms. The number of thioether (sulfide) groups is 1. The van der Waals surface area contributed by atoms with E-state index in [1.807, 2.05) is 0 Å². The van der Waals surface area contributed by atoms with E-state index in [1.54, 1.807) is 42.9 Å². The van der Waals surface area contributed by atoms with Crippen LogP contribution in [0, 0.1) is 0 Å². The molecule has 144 valence electrons. The molecule has 2 N–H and O–H groups in total. The summed E-state index contributed by atoms with van der Waals surface area (Å²) < 4.78 is 4.09. The molecule has 8 nitrogen and oxygen atoms in total. The van der Waals surface area contributed by atoms with E-state index in [0.29, 0.717) is 15.7 Å². The molecule has 0 fully saturated rings. The molecule has 0 aliphatic rings. The molecular weight excluding hydrogens is 392 g/mol. The summed E-state index contributed by atoms with van der Waals surface area (Å²) in [5.41, 5.74) is 0.453. The van der Waals surface area contributed by atoms with Crippen molar-refractivity contribution >= 4 is 34.5 Å². The summed E-state index contributed by atoms with van der Waals surface area (Å²) in [4.78, 5) is 30.0. The molecule has 2 heterocycles. The molecule has 1 aromatic carbocycles. The second-order valence-electron chi connectivity index (χ2n) is 6.13. The molecule has 3 aromatic rings. The number of rotatable bonds is 6. The Balaban J connectivity index is 2.08. The zero-order chi connectivity index (χ0) is 19.7. The van der Waals surface area contributed by atoms with E-state index in [0.717, 1.165) is 10.1 Å². The fourth-order valence-corrected chi connectivity index (χ4v) is 3.70. The average molecular weight is 411 g/mol. The van der Waals surface area contributed by atoms with Crippen LogP contribution in [0.5, 0.6) is 0 Å². The summed E-state index contributed by atoms with van der Waals surface area (Å²) in [5, 5.41) is 19.5. The van der Waals surface area contributed by atoms with E-state index >= 15 is 0 Å². The standard InChI is InChI=1S/C17H19ClN4O4S/c1-20-13-14(19-16(20)27-9-12(24)8-23)21(2)17(26)22(15(13)25)7-10-3-5-11(18)6-4-10/h3-6,12,23-24H,7-9H2,1-2H3/t12-/m1/s1. The third-order valence-corrected chi connectivity index (χ3v) is 5.62. The summed E-state index contributed by atoms with van der Waals surface area (Å²) in [5.74, 6) is 0.223. The number of aryl methyl sites for hydroxylation is 2. The van der Waals surface area contributed by atoms with Crippen molar-refractivity contribution in [2.45, 2.75) is 17.8 Å². The van der Waals surface area contributed by atoms with Crippen molar-refractivity contribution in [3.63, 3.8) is 0 Å². The molecule has 0 saturated carbocycles. The first-order valence-corrected chi connectivity index (χ1v) is 9.52. The number of aliphatic hydroxyl groups is 2. The summed E-state index contributed by atoms with van der Waals surface area (Å²) in [6, 6.07) is 6.94. The third kappa shape index (κ3) is 3.81. The minimum Gasteiger partial charge on any atom is -0.394 e. The Morgan fingerprint density at radius 1 is 1.19 bits per heavy atom. The molecule has 0 saturated heterocycles. The fraction of sp³-hybridized carbons (Fsp3) is 0.353. The molecule has 10 heteroatoms. The lowest BCUT2D eigenvalue weighted by Crippen LogP contribution is -2.39. The topological polar surface area (TPSA) is 102 Å². The van der Waals surface area contributed by atoms with Crippen LogP contribution in [0.15, 0.2) is 39.0 Å². The van der Waals surface area contributed by atoms with E-state index in [4.69, 9.17) is 16.7 Å². The van der Waals surface area contributed by atoms with Gasteiger partial charge in [0, 0.05) is 24.9 Å². The Hall–Kier alpha value is -2.07. The summed E-state index contributed by atoms with van der Waals surface area (Å²) in [7, 11) is 3.24. The Morgan fingerprint density at radius 3 is 2.48 bits per heavy atom. The van der Waals surface area contributed by atoms with Gasteiger partial charge in [0.2, 0.25) is 0 Å². The van der Waals surface area contributed by atoms with Gasteiger partial charge in [0.05, 0.1) is 19.3 Å². The lowest BCUT2D eigenvalue weighted by Gasteiger charge is -2.09. The van der Waals surface area contributed by atoms with Crippen LogP contribution in [-0.4, -0.2) is 47.4 Å². The highest BCUT2D eigenvalue weighted by Crippen LogP contribution is 2.21. The molecule has 27 heavy (non-hydrogen) atoms. The Morgan fingerprint density at radius 2 is 1.85 bits per heavy atom. The van der Waals surface area contributed by atoms with Crippen LogP contribution in [0.3, 0.4) is 0 Å². The van der Waals surface area contributed by atoms with Gasteiger partial charge in [-0.2, -0.15) is 0 Å². The van der Waals surface area contributed by atoms with Gasteiger partial charge in [-0.1, -0.05) is 35.5 Å². The molecule has 0 unspecified atom stereocenters. The summed E-state index contributed by atoms with van der Waals surface area (Å²) in [6.07, 6.45) is -0.889. The maximum Gasteiger partial charge on any atom is 0.332 e. The van der Waals surface area contributed by atoms with Gasteiger partial charge in [0.15, 0.2) is 16.3 Å². The van der Waals surface area contributed by atoms with E-state index < -0.39 is 17.4 Å². The molecule has 0 aliphatic heterocycles. The van der Waals surface area contributed by atoms with Gasteiger partial charge in [-0.3, -0.25) is 13.9 Å². The molecular formula is C17H19ClN4O4S. The highest BCUT2D eigenvalue weighted by molar-refractivity contribution is 7.99. The van der Waals surface area contributed by atoms with Crippen LogP contribution in [-0.2, 0) is 20.6 Å². The van der Waals surface area contributed by atoms with Gasteiger partial charge in [0.1, 0.15) is 0 Å². The third-order valence-electron chi connectivity index (χ3n) is 4.19. The average Bonchev–Trinajstić information content (AvgIpc) is 2.99. The van der Waals surface area contributed by atoms with E-state index in [2.05, 4.69) is 4.98 Å². The van der Waals surface area contributed by atoms with Gasteiger partial charge in [0.25, 0.3) is 5.56 Å². The number of halogens is 1. The number of imidazole rings is 1. The minimum atomic E-state index is -0.889. The second-order valence-corrected chi connectivity index (χ2v) is 7.56. The maximum absolute atomic E-state index is 13.0. The molecule has 0 amide bonds. The normalized spacial score (nSPS) is 12.6. The van der Waals surface area contributed by atoms with E-state index in [-0.39, 0.29) is 24.6 Å². The Kier molecular flexibility index (Phi) is 5.75. The first kappa shape index (κ1) is 19.7. The number of benzene rings is 1. The number of hydrogen-bond donors (Lipinski definition) is 2. The number of aromatic nitrogens is 4. The lowest BCUT2D eigenvalue weighted by molar-refractivity contribution is 0.113. The van der Waals surface area contributed by atoms with Gasteiger partial charge in [-0.05, 0) is 17.7 Å². The smallest absolute Gasteiger partial charge is 0.332 e. The number of nitrogens with zero attached hydrogens (tertiary/aromatic N) is 4. The zero-order valence-electron chi connectivity index (χ0n) is 14.8. The fourth-order valence-electron chi connectivity index (χ4n) is 2.69. The molecule has 1 atom stereocenters. The lowest BCUT2D eigenvalue weighted by atomic mass is 10.2. The van der Waals surface area contributed by atoms with Crippen molar-refractivity contribution in [1.82, 2.24) is 18.7 Å². The van der Waals surface area contributed by atoms with Crippen LogP contribution in [0.4, 0.5) is 0 Å². The zero-order valence-corrected chi connectivity index (χ0v) is 16.4. The Bertz CT molecular complexity index is 1090. The van der Waals surface area contributed by atoms with E-state index in [9.17, 15) is 14.7 Å². The largest absolute Gasteiger partial charge is 0.394 e. The quantitative estimate of drug-likeness (QED) is 0.576.